The van der Waals surface area contributed by atoms with Crippen molar-refractivity contribution in [2.45, 2.75) is 33.6 Å². The number of hydrogen-bond donors (Lipinski definition) is 2. The highest BCUT2D eigenvalue weighted by Crippen LogP contribution is 2.17. The number of nitro groups is 1. The van der Waals surface area contributed by atoms with Gasteiger partial charge in [-0.2, -0.15) is 5.10 Å². The van der Waals surface area contributed by atoms with Crippen LogP contribution in [0.15, 0.2) is 47.6 Å². The van der Waals surface area contributed by atoms with Crippen LogP contribution in [0.5, 0.6) is 0 Å². The molecule has 0 atom stereocenters. The lowest BCUT2D eigenvalue weighted by Gasteiger charge is -2.09. The Bertz CT molecular complexity index is 938. The Labute approximate surface area is 162 Å². The standard InChI is InChI=1S/C20H22N4O4/c1-13-7-8-14(2)18(11-13)21-19(25)9-10-20(26)23-22-15(3)16-5-4-6-17(12-16)24(27)28/h4-8,11-12H,9-10H2,1-3H3,(H,21,25)(H,23,26). The number of hydrazone groups is 1. The van der Waals surface area contributed by atoms with Crippen LogP contribution in [0, 0.1) is 24.0 Å². The molecule has 0 aliphatic rings. The van der Waals surface area contributed by atoms with Crippen molar-refractivity contribution in [2.24, 2.45) is 5.10 Å². The fraction of sp³-hybridized carbons (Fsp3) is 0.250. The molecule has 0 saturated heterocycles. The minimum absolute atomic E-state index is 0.0184. The summed E-state index contributed by atoms with van der Waals surface area (Å²) < 4.78 is 0. The van der Waals surface area contributed by atoms with Crippen LogP contribution in [0.4, 0.5) is 11.4 Å². The van der Waals surface area contributed by atoms with Crippen LogP contribution in [-0.4, -0.2) is 22.4 Å². The normalized spacial score (nSPS) is 11.0. The number of aryl methyl sites for hydroxylation is 2. The van der Waals surface area contributed by atoms with Gasteiger partial charge in [0.25, 0.3) is 5.69 Å². The van der Waals surface area contributed by atoms with E-state index in [-0.39, 0.29) is 24.4 Å². The first-order valence-electron chi connectivity index (χ1n) is 8.71. The molecule has 0 bridgehead atoms. The molecular formula is C20H22N4O4. The van der Waals surface area contributed by atoms with Crippen LogP contribution in [0.3, 0.4) is 0 Å². The molecule has 0 saturated carbocycles. The Kier molecular flexibility index (Phi) is 6.97. The van der Waals surface area contributed by atoms with Crippen LogP contribution in [-0.2, 0) is 9.59 Å². The molecule has 0 heterocycles. The van der Waals surface area contributed by atoms with E-state index in [4.69, 9.17) is 0 Å². The molecular weight excluding hydrogens is 360 g/mol. The number of non-ortho nitro benzene ring substituents is 1. The van der Waals surface area contributed by atoms with E-state index in [1.54, 1.807) is 19.1 Å². The van der Waals surface area contributed by atoms with Gasteiger partial charge in [0, 0.05) is 36.2 Å². The largest absolute Gasteiger partial charge is 0.326 e. The molecule has 2 aromatic carbocycles. The molecule has 2 N–H and O–H groups in total. The lowest BCUT2D eigenvalue weighted by Crippen LogP contribution is -2.22. The second kappa shape index (κ2) is 9.40. The predicted octanol–water partition coefficient (Wildman–Crippen LogP) is 3.47. The second-order valence-corrected chi connectivity index (χ2v) is 6.41. The van der Waals surface area contributed by atoms with Gasteiger partial charge in [-0.15, -0.1) is 0 Å². The van der Waals surface area contributed by atoms with Gasteiger partial charge in [0.05, 0.1) is 10.6 Å². The molecule has 2 amide bonds. The summed E-state index contributed by atoms with van der Waals surface area (Å²) in [5, 5.41) is 17.6. The number of nitrogens with one attached hydrogen (secondary N) is 2. The Balaban J connectivity index is 1.87. The SMILES string of the molecule is CC(=NNC(=O)CCC(=O)Nc1cc(C)ccc1C)c1cccc([N+](=O)[O-])c1. The molecule has 0 radical (unpaired) electrons. The summed E-state index contributed by atoms with van der Waals surface area (Å²) in [6.07, 6.45) is -0.00694. The molecule has 8 heteroatoms. The zero-order valence-corrected chi connectivity index (χ0v) is 16.0. The van der Waals surface area contributed by atoms with Gasteiger partial charge in [-0.1, -0.05) is 24.3 Å². The predicted molar refractivity (Wildman–Crippen MR) is 107 cm³/mol. The van der Waals surface area contributed by atoms with Crippen LogP contribution < -0.4 is 10.7 Å². The van der Waals surface area contributed by atoms with Gasteiger partial charge in [0.1, 0.15) is 0 Å². The fourth-order valence-corrected chi connectivity index (χ4v) is 2.42. The number of nitrogens with zero attached hydrogens (tertiary/aromatic N) is 2. The molecule has 0 aliphatic heterocycles. The Morgan fingerprint density at radius 2 is 1.79 bits per heavy atom. The summed E-state index contributed by atoms with van der Waals surface area (Å²) in [5.74, 6) is -0.677. The number of carbonyl (C=O) groups excluding carboxylic acids is 2. The summed E-state index contributed by atoms with van der Waals surface area (Å²) in [6, 6.07) is 11.7. The molecule has 0 aliphatic carbocycles. The third kappa shape index (κ3) is 6.01. The highest BCUT2D eigenvalue weighted by molar-refractivity contribution is 6.00. The van der Waals surface area contributed by atoms with Gasteiger partial charge in [-0.25, -0.2) is 5.43 Å². The molecule has 0 spiro atoms. The third-order valence-corrected chi connectivity index (χ3v) is 4.07. The first kappa shape index (κ1) is 20.8. The van der Waals surface area contributed by atoms with E-state index >= 15 is 0 Å². The summed E-state index contributed by atoms with van der Waals surface area (Å²) >= 11 is 0. The lowest BCUT2D eigenvalue weighted by atomic mass is 10.1. The van der Waals surface area contributed by atoms with Crippen LogP contribution in [0.2, 0.25) is 0 Å². The van der Waals surface area contributed by atoms with E-state index in [2.05, 4.69) is 15.8 Å². The highest BCUT2D eigenvalue weighted by atomic mass is 16.6. The lowest BCUT2D eigenvalue weighted by molar-refractivity contribution is -0.384. The molecule has 28 heavy (non-hydrogen) atoms. The van der Waals surface area contributed by atoms with Crippen molar-refractivity contribution < 1.29 is 14.5 Å². The maximum atomic E-state index is 12.1. The average molecular weight is 382 g/mol. The van der Waals surface area contributed by atoms with Gasteiger partial charge in [-0.05, 0) is 38.0 Å². The maximum Gasteiger partial charge on any atom is 0.270 e. The van der Waals surface area contributed by atoms with Crippen molar-refractivity contribution >= 4 is 28.9 Å². The topological polar surface area (TPSA) is 114 Å². The molecule has 146 valence electrons. The monoisotopic (exact) mass is 382 g/mol. The summed E-state index contributed by atoms with van der Waals surface area (Å²) in [6.45, 7) is 5.46. The van der Waals surface area contributed by atoms with E-state index in [1.807, 2.05) is 32.0 Å². The molecule has 0 unspecified atom stereocenters. The first-order valence-corrected chi connectivity index (χ1v) is 8.71. The van der Waals surface area contributed by atoms with E-state index in [9.17, 15) is 19.7 Å². The molecule has 0 aromatic heterocycles. The number of hydrogen-bond acceptors (Lipinski definition) is 5. The first-order chi connectivity index (χ1) is 13.3. The summed E-state index contributed by atoms with van der Waals surface area (Å²) in [4.78, 5) is 34.3. The van der Waals surface area contributed by atoms with Crippen molar-refractivity contribution in [3.05, 3.63) is 69.3 Å². The number of benzene rings is 2. The van der Waals surface area contributed by atoms with Crippen molar-refractivity contribution in [1.82, 2.24) is 5.43 Å². The van der Waals surface area contributed by atoms with E-state index in [0.717, 1.165) is 16.8 Å². The van der Waals surface area contributed by atoms with Crippen molar-refractivity contribution in [1.29, 1.82) is 0 Å². The van der Waals surface area contributed by atoms with Gasteiger partial charge in [0.15, 0.2) is 0 Å². The van der Waals surface area contributed by atoms with Crippen molar-refractivity contribution in [3.63, 3.8) is 0 Å². The fourth-order valence-electron chi connectivity index (χ4n) is 2.42. The van der Waals surface area contributed by atoms with Crippen LogP contribution >= 0.6 is 0 Å². The minimum atomic E-state index is -0.496. The third-order valence-electron chi connectivity index (χ3n) is 4.07. The summed E-state index contributed by atoms with van der Waals surface area (Å²) in [5.41, 5.74) is 5.98. The number of rotatable bonds is 7. The zero-order valence-electron chi connectivity index (χ0n) is 16.0. The number of amides is 2. The Morgan fingerprint density at radius 1 is 1.07 bits per heavy atom. The molecule has 2 rings (SSSR count). The van der Waals surface area contributed by atoms with Gasteiger partial charge < -0.3 is 5.32 Å². The molecule has 0 fully saturated rings. The van der Waals surface area contributed by atoms with Gasteiger partial charge in [0.2, 0.25) is 11.8 Å². The van der Waals surface area contributed by atoms with E-state index in [0.29, 0.717) is 11.3 Å². The van der Waals surface area contributed by atoms with Crippen molar-refractivity contribution in [3.8, 4) is 0 Å². The quantitative estimate of drug-likeness (QED) is 0.433. The van der Waals surface area contributed by atoms with E-state index in [1.165, 1.54) is 12.1 Å². The number of nitro benzene ring substituents is 1. The zero-order chi connectivity index (χ0) is 20.7. The molecule has 2 aromatic rings. The Morgan fingerprint density at radius 3 is 2.50 bits per heavy atom. The Hall–Kier alpha value is -3.55. The smallest absolute Gasteiger partial charge is 0.270 e. The van der Waals surface area contributed by atoms with E-state index < -0.39 is 10.8 Å². The van der Waals surface area contributed by atoms with Gasteiger partial charge in [-0.3, -0.25) is 19.7 Å². The second-order valence-electron chi connectivity index (χ2n) is 6.41. The highest BCUT2D eigenvalue weighted by Gasteiger charge is 2.10. The van der Waals surface area contributed by atoms with Crippen LogP contribution in [0.1, 0.15) is 36.5 Å². The maximum absolute atomic E-state index is 12.1. The van der Waals surface area contributed by atoms with Gasteiger partial charge >= 0.3 is 0 Å². The summed E-state index contributed by atoms with van der Waals surface area (Å²) in [7, 11) is 0. The van der Waals surface area contributed by atoms with Crippen LogP contribution in [0.25, 0.3) is 0 Å². The minimum Gasteiger partial charge on any atom is -0.326 e. The molecule has 8 nitrogen and oxygen atoms in total. The number of anilines is 1. The average Bonchev–Trinajstić information content (AvgIpc) is 2.67. The number of carbonyl (C=O) groups is 2. The van der Waals surface area contributed by atoms with Crippen molar-refractivity contribution in [2.75, 3.05) is 5.32 Å².